The molecule has 2 aliphatic carbocycles. The van der Waals surface area contributed by atoms with E-state index in [2.05, 4.69) is 279 Å². The van der Waals surface area contributed by atoms with Crippen LogP contribution in [-0.2, 0) is 10.8 Å². The summed E-state index contributed by atoms with van der Waals surface area (Å²) in [6.45, 7) is 9.31. The molecule has 0 radical (unpaired) electrons. The summed E-state index contributed by atoms with van der Waals surface area (Å²) in [5.74, 6) is 1.21. The molecule has 0 saturated heterocycles. The molecule has 0 amide bonds. The van der Waals surface area contributed by atoms with Crippen molar-refractivity contribution in [3.05, 3.63) is 344 Å². The molecular weight excluding hydrogens is 1230 g/mol. The fraction of sp³-hybridized carbons (Fsp3) is 0.0652. The summed E-state index contributed by atoms with van der Waals surface area (Å²) < 4.78 is 4.41. The predicted molar refractivity (Wildman–Crippen MR) is 420 cm³/mol. The lowest BCUT2D eigenvalue weighted by atomic mass is 9.79. The number of nitrogens with zero attached hydrogens (tertiary/aromatic N) is 6. The van der Waals surface area contributed by atoms with E-state index in [-0.39, 0.29) is 13.7 Å². The van der Waals surface area contributed by atoms with Crippen molar-refractivity contribution in [1.29, 1.82) is 0 Å². The van der Waals surface area contributed by atoms with Gasteiger partial charge >= 0.3 is 7.12 Å². The van der Waals surface area contributed by atoms with Crippen molar-refractivity contribution in [3.63, 3.8) is 0 Å². The SMILES string of the molecule is CC1(C)c2cc(-c3ccccc3)ccc2-c2cc3c(cc21)c1cc(-c2ccccc2)ccc1n3-c1nc(-c2ccccc2)cc(-c2ccccc2)n1.CC1(C)c2cc(-c3ccccc3)ccc2-c2cc3c(cc21)c1cc(B(O)O)ccc1n3-c1nc(-c2ccccc2)cc(-c2ccccc2)n1.[HH].[HH]. The highest BCUT2D eigenvalue weighted by atomic mass is 16.4. The third kappa shape index (κ3) is 10.5. The summed E-state index contributed by atoms with van der Waals surface area (Å²) in [5.41, 5.74) is 29.0. The molecule has 19 rings (SSSR count). The predicted octanol–water partition coefficient (Wildman–Crippen LogP) is 21.6. The lowest BCUT2D eigenvalue weighted by molar-refractivity contribution is 0.426. The van der Waals surface area contributed by atoms with Crippen LogP contribution in [0.25, 0.3) is 156 Å². The van der Waals surface area contributed by atoms with Gasteiger partial charge in [-0.25, -0.2) is 19.9 Å². The normalized spacial score (nSPS) is 13.0. The zero-order valence-electron chi connectivity index (χ0n) is 56.3. The van der Waals surface area contributed by atoms with Gasteiger partial charge in [-0.15, -0.1) is 0 Å². The van der Waals surface area contributed by atoms with Crippen molar-refractivity contribution < 1.29 is 12.9 Å². The number of aromatic nitrogens is 6. The van der Waals surface area contributed by atoms with E-state index in [9.17, 15) is 10.0 Å². The molecule has 4 heterocycles. The molecule has 0 aliphatic heterocycles. The van der Waals surface area contributed by atoms with Gasteiger partial charge in [-0.3, -0.25) is 9.13 Å². The molecule has 0 bridgehead atoms. The Hall–Kier alpha value is -12.4. The van der Waals surface area contributed by atoms with Crippen molar-refractivity contribution >= 4 is 56.2 Å². The Labute approximate surface area is 589 Å². The van der Waals surface area contributed by atoms with Gasteiger partial charge in [-0.05, 0) is 150 Å². The van der Waals surface area contributed by atoms with Gasteiger partial charge in [-0.2, -0.15) is 0 Å². The molecule has 2 aliphatic rings. The molecule has 0 fully saturated rings. The second-order valence-corrected chi connectivity index (χ2v) is 27.6. The zero-order valence-corrected chi connectivity index (χ0v) is 56.3. The summed E-state index contributed by atoms with van der Waals surface area (Å²) in [5, 5.41) is 24.7. The molecule has 8 nitrogen and oxygen atoms in total. The van der Waals surface area contributed by atoms with E-state index in [0.29, 0.717) is 17.4 Å². The van der Waals surface area contributed by atoms with Crippen LogP contribution in [0.1, 0.15) is 52.8 Å². The quantitative estimate of drug-likeness (QED) is 0.132. The Balaban J connectivity index is 0.000000156. The Morgan fingerprint density at radius 2 is 0.545 bits per heavy atom. The van der Waals surface area contributed by atoms with Crippen molar-refractivity contribution in [2.24, 2.45) is 0 Å². The highest BCUT2D eigenvalue weighted by molar-refractivity contribution is 6.59. The summed E-state index contributed by atoms with van der Waals surface area (Å²) in [7, 11) is -1.59. The maximum atomic E-state index is 10.2. The Morgan fingerprint density at radius 3 is 0.891 bits per heavy atom. The van der Waals surface area contributed by atoms with Gasteiger partial charge in [0.1, 0.15) is 0 Å². The lowest BCUT2D eigenvalue weighted by Gasteiger charge is -2.22. The van der Waals surface area contributed by atoms with Crippen LogP contribution in [-0.4, -0.2) is 46.2 Å². The average Bonchev–Trinajstić information content (AvgIpc) is 1.55. The number of hydrogen-bond donors (Lipinski definition) is 2. The second kappa shape index (κ2) is 24.3. The fourth-order valence-corrected chi connectivity index (χ4v) is 15.6. The molecule has 9 heteroatoms. The van der Waals surface area contributed by atoms with Crippen LogP contribution >= 0.6 is 0 Å². The van der Waals surface area contributed by atoms with E-state index >= 15 is 0 Å². The summed E-state index contributed by atoms with van der Waals surface area (Å²) in [6.07, 6.45) is 0. The molecule has 4 aromatic heterocycles. The van der Waals surface area contributed by atoms with Crippen LogP contribution in [0.3, 0.4) is 0 Å². The van der Waals surface area contributed by atoms with Crippen molar-refractivity contribution in [2.75, 3.05) is 0 Å². The van der Waals surface area contributed by atoms with E-state index < -0.39 is 7.12 Å². The van der Waals surface area contributed by atoms with Gasteiger partial charge in [0, 0.05) is 57.5 Å². The highest BCUT2D eigenvalue weighted by Crippen LogP contribution is 2.54. The average molecular weight is 1300 g/mol. The molecule has 0 spiro atoms. The van der Waals surface area contributed by atoms with Gasteiger partial charge in [0.2, 0.25) is 11.9 Å². The smallest absolute Gasteiger partial charge is 0.423 e. The van der Waals surface area contributed by atoms with Crippen LogP contribution in [0.4, 0.5) is 0 Å². The Bertz CT molecular complexity index is 5980. The topological polar surface area (TPSA) is 102 Å². The maximum Gasteiger partial charge on any atom is 0.488 e. The van der Waals surface area contributed by atoms with E-state index in [1.807, 2.05) is 72.8 Å². The second-order valence-electron chi connectivity index (χ2n) is 27.6. The fourth-order valence-electron chi connectivity index (χ4n) is 15.6. The Kier molecular flexibility index (Phi) is 14.6. The third-order valence-electron chi connectivity index (χ3n) is 20.9. The van der Waals surface area contributed by atoms with Crippen molar-refractivity contribution in [1.82, 2.24) is 29.1 Å². The number of rotatable bonds is 10. The van der Waals surface area contributed by atoms with E-state index in [1.165, 1.54) is 88.7 Å². The number of fused-ring (bicyclic) bond motifs is 12. The number of hydrogen-bond acceptors (Lipinski definition) is 6. The van der Waals surface area contributed by atoms with Gasteiger partial charge < -0.3 is 10.0 Å². The molecule has 17 aromatic rings. The number of benzene rings is 13. The van der Waals surface area contributed by atoms with Crippen molar-refractivity contribution in [3.8, 4) is 113 Å². The summed E-state index contributed by atoms with van der Waals surface area (Å²) in [6, 6.07) is 113. The molecule has 0 atom stereocenters. The summed E-state index contributed by atoms with van der Waals surface area (Å²) in [4.78, 5) is 21.0. The van der Waals surface area contributed by atoms with Crippen LogP contribution in [0.2, 0.25) is 0 Å². The highest BCUT2D eigenvalue weighted by Gasteiger charge is 2.39. The molecule has 2 N–H and O–H groups in total. The van der Waals surface area contributed by atoms with Gasteiger partial charge in [0.05, 0.1) is 44.8 Å². The van der Waals surface area contributed by atoms with E-state index in [0.717, 1.165) is 77.9 Å². The first-order valence-electron chi connectivity index (χ1n) is 34.5. The maximum absolute atomic E-state index is 10.2. The van der Waals surface area contributed by atoms with Crippen LogP contribution < -0.4 is 5.46 Å². The van der Waals surface area contributed by atoms with Gasteiger partial charge in [0.15, 0.2) is 0 Å². The first kappa shape index (κ1) is 61.0. The summed E-state index contributed by atoms with van der Waals surface area (Å²) >= 11 is 0. The van der Waals surface area contributed by atoms with E-state index in [4.69, 9.17) is 19.9 Å². The Morgan fingerprint density at radius 1 is 0.257 bits per heavy atom. The minimum Gasteiger partial charge on any atom is -0.423 e. The molecule has 101 heavy (non-hydrogen) atoms. The largest absolute Gasteiger partial charge is 0.488 e. The third-order valence-corrected chi connectivity index (χ3v) is 20.9. The standard InChI is InChI=1S/C49H35N3.C43H32BN3O2.2H2/c1-49(2)42-28-37(33-17-9-4-10-18-33)23-25-38(42)39-30-47-41(29-43(39)49)40-27-36(32-15-7-3-8-16-32)24-26-46(40)52(47)48-50-44(34-19-11-5-12-20-34)31-45(51-48)35-21-13-6-14-22-35;1-43(2)36-22-30(27-12-6-3-7-13-27)18-20-32(36)33-25-41-35(24-37(33)43)34-23-31(44(48)49)19-21-40(34)47(41)42-45-38(28-14-8-4-9-15-28)26-39(46-42)29-16-10-5-11-17-29;;/h3-31H,1-2H3;3-26,48-49H,1-2H3;2*1H. The molecule has 13 aromatic carbocycles. The molecule has 0 unspecified atom stereocenters. The first-order valence-corrected chi connectivity index (χ1v) is 34.5. The van der Waals surface area contributed by atoms with Crippen LogP contribution in [0.15, 0.2) is 322 Å². The molecule has 484 valence electrons. The molecule has 0 saturated carbocycles. The van der Waals surface area contributed by atoms with Gasteiger partial charge in [-0.1, -0.05) is 282 Å². The molecular formula is C92H71BN6O2. The van der Waals surface area contributed by atoms with Crippen LogP contribution in [0.5, 0.6) is 0 Å². The van der Waals surface area contributed by atoms with Crippen LogP contribution in [0, 0.1) is 0 Å². The van der Waals surface area contributed by atoms with Gasteiger partial charge in [0.25, 0.3) is 0 Å². The first-order chi connectivity index (χ1) is 49.4. The van der Waals surface area contributed by atoms with E-state index in [1.54, 1.807) is 6.07 Å². The monoisotopic (exact) mass is 1300 g/mol. The van der Waals surface area contributed by atoms with Crippen molar-refractivity contribution in [2.45, 2.75) is 38.5 Å². The zero-order chi connectivity index (χ0) is 68.1. The minimum absolute atomic E-state index is 0. The minimum atomic E-state index is -1.59. The lowest BCUT2D eigenvalue weighted by Crippen LogP contribution is -2.29.